The predicted molar refractivity (Wildman–Crippen MR) is 79.1 cm³/mol. The van der Waals surface area contributed by atoms with Crippen LogP contribution >= 0.6 is 11.8 Å². The first-order valence-electron chi connectivity index (χ1n) is 7.23. The highest BCUT2D eigenvalue weighted by Gasteiger charge is 2.45. The fraction of sp³-hybridized carbons (Fsp3) is 1.00. The van der Waals surface area contributed by atoms with E-state index in [4.69, 9.17) is 10.5 Å². The summed E-state index contributed by atoms with van der Waals surface area (Å²) < 4.78 is 5.66. The number of hydrogen-bond donors (Lipinski definition) is 1. The molecule has 0 aromatic rings. The smallest absolute Gasteiger partial charge is 0.0724 e. The second-order valence-electron chi connectivity index (χ2n) is 5.91. The highest BCUT2D eigenvalue weighted by Crippen LogP contribution is 2.39. The molecular formula is C14H28N2OS. The summed E-state index contributed by atoms with van der Waals surface area (Å²) in [6, 6.07) is 0. The maximum absolute atomic E-state index is 6.19. The van der Waals surface area contributed by atoms with E-state index in [2.05, 4.69) is 30.5 Å². The third kappa shape index (κ3) is 2.58. The normalized spacial score (nSPS) is 43.0. The van der Waals surface area contributed by atoms with Gasteiger partial charge >= 0.3 is 0 Å². The third-order valence-corrected chi connectivity index (χ3v) is 6.52. The first-order chi connectivity index (χ1) is 8.64. The Morgan fingerprint density at radius 2 is 2.22 bits per heavy atom. The molecule has 0 saturated carbocycles. The van der Waals surface area contributed by atoms with Crippen LogP contribution in [0.1, 0.15) is 33.1 Å². The summed E-state index contributed by atoms with van der Waals surface area (Å²) >= 11 is 2.09. The third-order valence-electron chi connectivity index (χ3n) is 5.05. The molecule has 0 spiro atoms. The Morgan fingerprint density at radius 1 is 1.44 bits per heavy atom. The monoisotopic (exact) mass is 272 g/mol. The van der Waals surface area contributed by atoms with Crippen LogP contribution in [0.15, 0.2) is 0 Å². The topological polar surface area (TPSA) is 38.5 Å². The van der Waals surface area contributed by atoms with Gasteiger partial charge in [0.2, 0.25) is 0 Å². The van der Waals surface area contributed by atoms with Crippen molar-refractivity contribution in [3.05, 3.63) is 0 Å². The number of nitrogens with two attached hydrogens (primary N) is 1. The average molecular weight is 272 g/mol. The number of hydrogen-bond acceptors (Lipinski definition) is 4. The van der Waals surface area contributed by atoms with Crippen LogP contribution in [-0.2, 0) is 4.74 Å². The molecule has 2 aliphatic rings. The number of likely N-dealkylation sites (tertiary alicyclic amines) is 1. The van der Waals surface area contributed by atoms with Gasteiger partial charge in [0.1, 0.15) is 0 Å². The average Bonchev–Trinajstić information content (AvgIpc) is 2.40. The van der Waals surface area contributed by atoms with Gasteiger partial charge in [-0.1, -0.05) is 13.8 Å². The first-order valence-corrected chi connectivity index (χ1v) is 8.28. The van der Waals surface area contributed by atoms with Gasteiger partial charge in [0.05, 0.1) is 6.10 Å². The van der Waals surface area contributed by atoms with Gasteiger partial charge in [0, 0.05) is 31.0 Å². The predicted octanol–water partition coefficient (Wildman–Crippen LogP) is 1.96. The number of nitrogens with zero attached hydrogens (tertiary/aromatic N) is 1. The van der Waals surface area contributed by atoms with Crippen molar-refractivity contribution in [2.75, 3.05) is 32.5 Å². The van der Waals surface area contributed by atoms with Gasteiger partial charge in [-0.3, -0.25) is 4.90 Å². The maximum Gasteiger partial charge on any atom is 0.0724 e. The minimum Gasteiger partial charge on any atom is -0.380 e. The van der Waals surface area contributed by atoms with Gasteiger partial charge in [-0.2, -0.15) is 11.8 Å². The summed E-state index contributed by atoms with van der Waals surface area (Å²) in [6.07, 6.45) is 4.16. The molecule has 2 N–H and O–H groups in total. The van der Waals surface area contributed by atoms with E-state index in [1.807, 2.05) is 7.11 Å². The zero-order valence-corrected chi connectivity index (χ0v) is 12.8. The molecule has 3 nitrogen and oxygen atoms in total. The second-order valence-corrected chi connectivity index (χ2v) is 7.36. The molecule has 2 rings (SSSR count). The van der Waals surface area contributed by atoms with Gasteiger partial charge in [-0.25, -0.2) is 0 Å². The Bertz CT molecular complexity index is 277. The second kappa shape index (κ2) is 6.12. The lowest BCUT2D eigenvalue weighted by Gasteiger charge is -2.53. The SMILES string of the molecule is COC1CN(C2(CN)CCCSC2C)CCC1C. The lowest BCUT2D eigenvalue weighted by atomic mass is 9.83. The van der Waals surface area contributed by atoms with Crippen LogP contribution in [0.2, 0.25) is 0 Å². The van der Waals surface area contributed by atoms with E-state index in [9.17, 15) is 0 Å². The molecular weight excluding hydrogens is 244 g/mol. The van der Waals surface area contributed by atoms with Crippen LogP contribution in [0.5, 0.6) is 0 Å². The van der Waals surface area contributed by atoms with Crippen LogP contribution in [0.3, 0.4) is 0 Å². The van der Waals surface area contributed by atoms with E-state index in [0.717, 1.165) is 13.1 Å². The van der Waals surface area contributed by atoms with E-state index in [1.165, 1.54) is 31.6 Å². The van der Waals surface area contributed by atoms with Crippen molar-refractivity contribution in [3.63, 3.8) is 0 Å². The highest BCUT2D eigenvalue weighted by molar-refractivity contribution is 8.00. The summed E-state index contributed by atoms with van der Waals surface area (Å²) in [5, 5.41) is 0.641. The Labute approximate surface area is 116 Å². The molecule has 0 amide bonds. The quantitative estimate of drug-likeness (QED) is 0.852. The van der Waals surface area contributed by atoms with Crippen LogP contribution < -0.4 is 5.73 Å². The Kier molecular flexibility index (Phi) is 4.98. The van der Waals surface area contributed by atoms with E-state index in [0.29, 0.717) is 17.3 Å². The van der Waals surface area contributed by atoms with Crippen LogP contribution in [0.4, 0.5) is 0 Å². The molecule has 2 fully saturated rings. The van der Waals surface area contributed by atoms with Gasteiger partial charge < -0.3 is 10.5 Å². The van der Waals surface area contributed by atoms with Crippen molar-refractivity contribution in [3.8, 4) is 0 Å². The Morgan fingerprint density at radius 3 is 2.83 bits per heavy atom. The highest BCUT2D eigenvalue weighted by atomic mass is 32.2. The maximum atomic E-state index is 6.19. The van der Waals surface area contributed by atoms with Crippen molar-refractivity contribution in [1.29, 1.82) is 0 Å². The number of methoxy groups -OCH3 is 1. The zero-order chi connectivity index (χ0) is 13.2. The van der Waals surface area contributed by atoms with E-state index in [-0.39, 0.29) is 5.54 Å². The summed E-state index contributed by atoms with van der Waals surface area (Å²) in [5.74, 6) is 1.97. The van der Waals surface area contributed by atoms with Crippen LogP contribution in [-0.4, -0.2) is 54.3 Å². The minimum absolute atomic E-state index is 0.208. The molecule has 4 unspecified atom stereocenters. The molecule has 0 aromatic carbocycles. The molecule has 0 aromatic heterocycles. The van der Waals surface area contributed by atoms with Crippen molar-refractivity contribution in [1.82, 2.24) is 4.90 Å². The lowest BCUT2D eigenvalue weighted by Crippen LogP contribution is -2.64. The van der Waals surface area contributed by atoms with Gasteiger partial charge in [0.25, 0.3) is 0 Å². The molecule has 0 aliphatic carbocycles. The van der Waals surface area contributed by atoms with Crippen LogP contribution in [0.25, 0.3) is 0 Å². The van der Waals surface area contributed by atoms with E-state index >= 15 is 0 Å². The molecule has 0 bridgehead atoms. The number of rotatable bonds is 3. The molecule has 4 heteroatoms. The lowest BCUT2D eigenvalue weighted by molar-refractivity contribution is -0.0475. The van der Waals surface area contributed by atoms with E-state index < -0.39 is 0 Å². The summed E-state index contributed by atoms with van der Waals surface area (Å²) in [4.78, 5) is 2.64. The summed E-state index contributed by atoms with van der Waals surface area (Å²) in [5.41, 5.74) is 6.39. The van der Waals surface area contributed by atoms with Crippen molar-refractivity contribution in [2.45, 2.75) is 50.0 Å². The molecule has 2 saturated heterocycles. The Balaban J connectivity index is 2.12. The number of ether oxygens (including phenoxy) is 1. The van der Waals surface area contributed by atoms with Crippen LogP contribution in [0, 0.1) is 5.92 Å². The van der Waals surface area contributed by atoms with Gasteiger partial charge in [-0.15, -0.1) is 0 Å². The fourth-order valence-electron chi connectivity index (χ4n) is 3.55. The van der Waals surface area contributed by atoms with Crippen molar-refractivity contribution < 1.29 is 4.74 Å². The fourth-order valence-corrected chi connectivity index (χ4v) is 4.89. The summed E-state index contributed by atoms with van der Waals surface area (Å²) in [6.45, 7) is 7.69. The van der Waals surface area contributed by atoms with Gasteiger partial charge in [0.15, 0.2) is 0 Å². The first kappa shape index (κ1) is 14.6. The zero-order valence-electron chi connectivity index (χ0n) is 12.0. The Hall–Kier alpha value is 0.230. The van der Waals surface area contributed by atoms with Crippen molar-refractivity contribution >= 4 is 11.8 Å². The number of piperidine rings is 1. The van der Waals surface area contributed by atoms with Gasteiger partial charge in [-0.05, 0) is 37.5 Å². The number of thioether (sulfide) groups is 1. The molecule has 2 aliphatic heterocycles. The standard InChI is InChI=1S/C14H28N2OS/c1-11-5-7-16(9-13(11)17-3)14(10-15)6-4-8-18-12(14)2/h11-13H,4-10,15H2,1-3H3. The summed E-state index contributed by atoms with van der Waals surface area (Å²) in [7, 11) is 1.85. The molecule has 2 heterocycles. The van der Waals surface area contributed by atoms with E-state index in [1.54, 1.807) is 0 Å². The molecule has 106 valence electrons. The largest absolute Gasteiger partial charge is 0.380 e. The van der Waals surface area contributed by atoms with Crippen molar-refractivity contribution in [2.24, 2.45) is 11.7 Å². The molecule has 0 radical (unpaired) electrons. The minimum atomic E-state index is 0.208. The molecule has 18 heavy (non-hydrogen) atoms. The molecule has 4 atom stereocenters.